The largest absolute Gasteiger partial charge is 0.356 e. The Morgan fingerprint density at radius 2 is 2.00 bits per heavy atom. The molecule has 3 aromatic heterocycles. The molecule has 0 aromatic carbocycles. The molecular weight excluding hydrogens is 322 g/mol. The molecule has 0 aliphatic carbocycles. The molecule has 122 valence electrons. The molecule has 0 unspecified atom stereocenters. The van der Waals surface area contributed by atoms with Crippen LogP contribution in [0.4, 0.5) is 0 Å². The Bertz CT molecular complexity index is 776. The van der Waals surface area contributed by atoms with Crippen LogP contribution in [0.15, 0.2) is 48.4 Å². The van der Waals surface area contributed by atoms with Crippen molar-refractivity contribution in [3.05, 3.63) is 59.6 Å². The Kier molecular flexibility index (Phi) is 5.57. The van der Waals surface area contributed by atoms with Crippen LogP contribution >= 0.6 is 11.3 Å². The highest BCUT2D eigenvalue weighted by Gasteiger charge is 2.07. The van der Waals surface area contributed by atoms with Gasteiger partial charge in [0.1, 0.15) is 0 Å². The minimum Gasteiger partial charge on any atom is -0.356 e. The van der Waals surface area contributed by atoms with Crippen LogP contribution < -0.4 is 5.32 Å². The monoisotopic (exact) mass is 339 g/mol. The van der Waals surface area contributed by atoms with Gasteiger partial charge < -0.3 is 5.32 Å². The fourth-order valence-electron chi connectivity index (χ4n) is 2.16. The van der Waals surface area contributed by atoms with Gasteiger partial charge in [-0.05, 0) is 24.1 Å². The first kappa shape index (κ1) is 16.2. The minimum absolute atomic E-state index is 0.0423. The van der Waals surface area contributed by atoms with Crippen molar-refractivity contribution in [1.82, 2.24) is 25.3 Å². The predicted octanol–water partition coefficient (Wildman–Crippen LogP) is 2.29. The van der Waals surface area contributed by atoms with E-state index in [2.05, 4.69) is 25.3 Å². The highest BCUT2D eigenvalue weighted by molar-refractivity contribution is 7.13. The highest BCUT2D eigenvalue weighted by atomic mass is 32.1. The van der Waals surface area contributed by atoms with Crippen molar-refractivity contribution >= 4 is 17.2 Å². The molecule has 24 heavy (non-hydrogen) atoms. The quantitative estimate of drug-likeness (QED) is 0.714. The third-order valence-corrected chi connectivity index (χ3v) is 4.26. The molecule has 0 fully saturated rings. The number of pyridine rings is 1. The van der Waals surface area contributed by atoms with Gasteiger partial charge in [0.15, 0.2) is 10.8 Å². The van der Waals surface area contributed by atoms with Crippen LogP contribution in [0.1, 0.15) is 17.7 Å². The van der Waals surface area contributed by atoms with Crippen LogP contribution in [0.25, 0.3) is 10.8 Å². The number of nitrogens with zero attached hydrogens (tertiary/aromatic N) is 4. The third kappa shape index (κ3) is 4.66. The van der Waals surface area contributed by atoms with Gasteiger partial charge in [0.05, 0.1) is 5.69 Å². The summed E-state index contributed by atoms with van der Waals surface area (Å²) in [5.74, 6) is 0.676. The van der Waals surface area contributed by atoms with E-state index in [9.17, 15) is 4.79 Å². The number of carbonyl (C=O) groups excluding carboxylic acids is 1. The molecule has 0 aliphatic rings. The van der Waals surface area contributed by atoms with E-state index in [0.717, 1.165) is 16.3 Å². The third-order valence-electron chi connectivity index (χ3n) is 3.38. The van der Waals surface area contributed by atoms with E-state index in [0.29, 0.717) is 31.6 Å². The fourth-order valence-corrected chi connectivity index (χ4v) is 2.96. The van der Waals surface area contributed by atoms with Crippen molar-refractivity contribution in [3.8, 4) is 10.8 Å². The van der Waals surface area contributed by atoms with Crippen molar-refractivity contribution in [2.24, 2.45) is 0 Å². The van der Waals surface area contributed by atoms with E-state index in [1.54, 1.807) is 30.9 Å². The summed E-state index contributed by atoms with van der Waals surface area (Å²) < 4.78 is 0. The van der Waals surface area contributed by atoms with Crippen LogP contribution in [-0.2, 0) is 17.6 Å². The molecule has 3 rings (SSSR count). The second-order valence-electron chi connectivity index (χ2n) is 5.18. The average Bonchev–Trinajstić information content (AvgIpc) is 3.11. The molecule has 0 radical (unpaired) electrons. The lowest BCUT2D eigenvalue weighted by atomic mass is 10.1. The summed E-state index contributed by atoms with van der Waals surface area (Å²) in [7, 11) is 0. The minimum atomic E-state index is 0.0423. The van der Waals surface area contributed by atoms with Gasteiger partial charge in [-0.25, -0.2) is 15.0 Å². The second kappa shape index (κ2) is 8.26. The Labute approximate surface area is 144 Å². The number of carbonyl (C=O) groups is 1. The van der Waals surface area contributed by atoms with Gasteiger partial charge in [-0.2, -0.15) is 0 Å². The zero-order valence-corrected chi connectivity index (χ0v) is 13.9. The number of aryl methyl sites for hydroxylation is 1. The summed E-state index contributed by atoms with van der Waals surface area (Å²) in [5.41, 5.74) is 2.01. The number of hydrogen-bond donors (Lipinski definition) is 1. The van der Waals surface area contributed by atoms with Crippen molar-refractivity contribution < 1.29 is 4.79 Å². The lowest BCUT2D eigenvalue weighted by molar-refractivity contribution is -0.121. The maximum Gasteiger partial charge on any atom is 0.220 e. The van der Waals surface area contributed by atoms with Gasteiger partial charge in [0.2, 0.25) is 5.91 Å². The number of amides is 1. The number of nitrogens with one attached hydrogen (secondary N) is 1. The first-order valence-electron chi connectivity index (χ1n) is 7.68. The van der Waals surface area contributed by atoms with E-state index < -0.39 is 0 Å². The van der Waals surface area contributed by atoms with Crippen molar-refractivity contribution in [3.63, 3.8) is 0 Å². The fraction of sp³-hybridized carbons (Fsp3) is 0.235. The Balaban J connectivity index is 1.42. The molecule has 3 heterocycles. The lowest BCUT2D eigenvalue weighted by Gasteiger charge is -2.04. The van der Waals surface area contributed by atoms with Crippen LogP contribution in [0.3, 0.4) is 0 Å². The molecule has 0 bridgehead atoms. The molecule has 1 amide bonds. The van der Waals surface area contributed by atoms with Gasteiger partial charge >= 0.3 is 0 Å². The standard InChI is InChI=1S/C17H17N5OS/c23-15(5-4-13-3-1-7-18-11-13)19-10-6-14-12-24-17(22-14)16-20-8-2-9-21-16/h1-3,7-9,11-12H,4-6,10H2,(H,19,23). The van der Waals surface area contributed by atoms with Crippen LogP contribution in [-0.4, -0.2) is 32.4 Å². The number of rotatable bonds is 7. The van der Waals surface area contributed by atoms with Gasteiger partial charge in [-0.3, -0.25) is 9.78 Å². The van der Waals surface area contributed by atoms with Crippen molar-refractivity contribution in [2.75, 3.05) is 6.54 Å². The second-order valence-corrected chi connectivity index (χ2v) is 6.04. The predicted molar refractivity (Wildman–Crippen MR) is 92.4 cm³/mol. The first-order valence-corrected chi connectivity index (χ1v) is 8.56. The highest BCUT2D eigenvalue weighted by Crippen LogP contribution is 2.19. The molecule has 0 spiro atoms. The first-order chi connectivity index (χ1) is 11.8. The van der Waals surface area contributed by atoms with Gasteiger partial charge in [0, 0.05) is 49.6 Å². The van der Waals surface area contributed by atoms with Gasteiger partial charge in [-0.15, -0.1) is 11.3 Å². The summed E-state index contributed by atoms with van der Waals surface area (Å²) in [4.78, 5) is 28.8. The van der Waals surface area contributed by atoms with Crippen molar-refractivity contribution in [2.45, 2.75) is 19.3 Å². The van der Waals surface area contributed by atoms with E-state index >= 15 is 0 Å². The molecular formula is C17H17N5OS. The van der Waals surface area contributed by atoms with Crippen LogP contribution in [0.5, 0.6) is 0 Å². The Morgan fingerprint density at radius 1 is 1.12 bits per heavy atom. The zero-order valence-electron chi connectivity index (χ0n) is 13.1. The summed E-state index contributed by atoms with van der Waals surface area (Å²) >= 11 is 1.51. The average molecular weight is 339 g/mol. The maximum atomic E-state index is 11.9. The summed E-state index contributed by atoms with van der Waals surface area (Å²) in [6.45, 7) is 0.574. The maximum absolute atomic E-state index is 11.9. The smallest absolute Gasteiger partial charge is 0.220 e. The molecule has 6 nitrogen and oxygen atoms in total. The normalized spacial score (nSPS) is 10.5. The summed E-state index contributed by atoms with van der Waals surface area (Å²) in [6.07, 6.45) is 8.78. The SMILES string of the molecule is O=C(CCc1cccnc1)NCCc1csc(-c2ncccn2)n1. The Morgan fingerprint density at radius 3 is 2.79 bits per heavy atom. The molecule has 0 atom stereocenters. The van der Waals surface area contributed by atoms with E-state index in [4.69, 9.17) is 0 Å². The van der Waals surface area contributed by atoms with Crippen LogP contribution in [0, 0.1) is 0 Å². The molecule has 0 aliphatic heterocycles. The summed E-state index contributed by atoms with van der Waals surface area (Å²) in [6, 6.07) is 5.63. The van der Waals surface area contributed by atoms with Gasteiger partial charge in [0.25, 0.3) is 0 Å². The van der Waals surface area contributed by atoms with Crippen LogP contribution in [0.2, 0.25) is 0 Å². The topological polar surface area (TPSA) is 80.7 Å². The van der Waals surface area contributed by atoms with Crippen molar-refractivity contribution in [1.29, 1.82) is 0 Å². The molecule has 0 saturated heterocycles. The number of thiazole rings is 1. The van der Waals surface area contributed by atoms with E-state index in [-0.39, 0.29) is 5.91 Å². The summed E-state index contributed by atoms with van der Waals surface area (Å²) in [5, 5.41) is 5.70. The van der Waals surface area contributed by atoms with Gasteiger partial charge in [-0.1, -0.05) is 6.07 Å². The number of aromatic nitrogens is 4. The van der Waals surface area contributed by atoms with E-state index in [1.165, 1.54) is 11.3 Å². The molecule has 1 N–H and O–H groups in total. The number of hydrogen-bond acceptors (Lipinski definition) is 6. The molecule has 7 heteroatoms. The zero-order chi connectivity index (χ0) is 16.6. The molecule has 0 saturated carbocycles. The molecule has 3 aromatic rings. The lowest BCUT2D eigenvalue weighted by Crippen LogP contribution is -2.25. The van der Waals surface area contributed by atoms with E-state index in [1.807, 2.05) is 17.5 Å². The Hall–Kier alpha value is -2.67.